The van der Waals surface area contributed by atoms with E-state index in [0.29, 0.717) is 5.57 Å². The van der Waals surface area contributed by atoms with Crippen LogP contribution >= 0.6 is 0 Å². The van der Waals surface area contributed by atoms with E-state index >= 15 is 0 Å². The molecule has 0 aliphatic rings. The maximum atomic E-state index is 12.5. The molecule has 0 saturated carbocycles. The number of ether oxygens (including phenoxy) is 1. The van der Waals surface area contributed by atoms with Gasteiger partial charge in [0.25, 0.3) is 0 Å². The average molecular weight is 354 g/mol. The summed E-state index contributed by atoms with van der Waals surface area (Å²) >= 11 is 0. The molecular formula is C25H22O2. The van der Waals surface area contributed by atoms with E-state index in [2.05, 4.69) is 31.2 Å². The van der Waals surface area contributed by atoms with Crippen LogP contribution in [0.15, 0.2) is 91.0 Å². The zero-order valence-electron chi connectivity index (χ0n) is 15.6. The molecule has 0 fully saturated rings. The Morgan fingerprint density at radius 3 is 2.07 bits per heavy atom. The Bertz CT molecular complexity index is 967. The molecule has 0 spiro atoms. The maximum absolute atomic E-state index is 12.5. The van der Waals surface area contributed by atoms with Crippen LogP contribution in [0.2, 0.25) is 0 Å². The van der Waals surface area contributed by atoms with Gasteiger partial charge in [-0.15, -0.1) is 0 Å². The van der Waals surface area contributed by atoms with Crippen molar-refractivity contribution in [1.82, 2.24) is 0 Å². The van der Waals surface area contributed by atoms with Gasteiger partial charge in [-0.3, -0.25) is 0 Å². The Kier molecular flexibility index (Phi) is 6.01. The van der Waals surface area contributed by atoms with Gasteiger partial charge in [-0.25, -0.2) is 4.79 Å². The third kappa shape index (κ3) is 4.83. The van der Waals surface area contributed by atoms with Crippen molar-refractivity contribution in [3.05, 3.63) is 113 Å². The van der Waals surface area contributed by atoms with Crippen LogP contribution in [0.4, 0.5) is 0 Å². The molecule has 3 aromatic rings. The lowest BCUT2D eigenvalue weighted by Gasteiger charge is -2.10. The number of hydrogen-bond acceptors (Lipinski definition) is 2. The average Bonchev–Trinajstić information content (AvgIpc) is 2.72. The number of aryl methyl sites for hydroxylation is 1. The van der Waals surface area contributed by atoms with Gasteiger partial charge in [-0.2, -0.15) is 0 Å². The molecule has 0 aromatic heterocycles. The molecule has 0 heterocycles. The predicted octanol–water partition coefficient (Wildman–Crippen LogP) is 5.79. The van der Waals surface area contributed by atoms with Crippen molar-refractivity contribution in [2.24, 2.45) is 0 Å². The molecule has 0 N–H and O–H groups in total. The van der Waals surface area contributed by atoms with Crippen molar-refractivity contribution in [3.63, 3.8) is 0 Å². The number of carbonyl (C=O) groups is 1. The lowest BCUT2D eigenvalue weighted by Crippen LogP contribution is -2.04. The Morgan fingerprint density at radius 1 is 0.815 bits per heavy atom. The summed E-state index contributed by atoms with van der Waals surface area (Å²) in [5, 5.41) is 0. The zero-order valence-corrected chi connectivity index (χ0v) is 15.6. The SMILES string of the molecule is COC(=O)/C(=C/C(=C\c1ccccc1)c1cccc(C)c1)c1ccccc1. The van der Waals surface area contributed by atoms with E-state index in [1.165, 1.54) is 12.7 Å². The molecule has 0 radical (unpaired) electrons. The van der Waals surface area contributed by atoms with Crippen LogP contribution in [0.5, 0.6) is 0 Å². The molecule has 0 amide bonds. The topological polar surface area (TPSA) is 26.3 Å². The van der Waals surface area contributed by atoms with Gasteiger partial charge >= 0.3 is 5.97 Å². The molecule has 2 heteroatoms. The van der Waals surface area contributed by atoms with Gasteiger partial charge in [-0.1, -0.05) is 90.5 Å². The Hall–Kier alpha value is -3.39. The number of allylic oxidation sites excluding steroid dienone is 2. The highest BCUT2D eigenvalue weighted by atomic mass is 16.5. The summed E-state index contributed by atoms with van der Waals surface area (Å²) < 4.78 is 5.04. The van der Waals surface area contributed by atoms with Gasteiger partial charge in [0.1, 0.15) is 0 Å². The van der Waals surface area contributed by atoms with E-state index in [4.69, 9.17) is 4.74 Å². The summed E-state index contributed by atoms with van der Waals surface area (Å²) in [6.07, 6.45) is 3.99. The van der Waals surface area contributed by atoms with Crippen molar-refractivity contribution in [2.45, 2.75) is 6.92 Å². The summed E-state index contributed by atoms with van der Waals surface area (Å²) in [4.78, 5) is 12.5. The quantitative estimate of drug-likeness (QED) is 0.251. The fraction of sp³-hybridized carbons (Fsp3) is 0.0800. The first kappa shape index (κ1) is 18.4. The number of hydrogen-bond donors (Lipinski definition) is 0. The van der Waals surface area contributed by atoms with Crippen LogP contribution in [-0.4, -0.2) is 13.1 Å². The Labute approximate surface area is 160 Å². The van der Waals surface area contributed by atoms with Crippen LogP contribution in [0, 0.1) is 6.92 Å². The van der Waals surface area contributed by atoms with E-state index in [1.54, 1.807) is 0 Å². The fourth-order valence-electron chi connectivity index (χ4n) is 2.91. The number of carbonyl (C=O) groups excluding carboxylic acids is 1. The highest BCUT2D eigenvalue weighted by Gasteiger charge is 2.13. The molecule has 0 atom stereocenters. The molecule has 3 aromatic carbocycles. The molecular weight excluding hydrogens is 332 g/mol. The molecule has 0 bridgehead atoms. The fourth-order valence-corrected chi connectivity index (χ4v) is 2.91. The second-order valence-electron chi connectivity index (χ2n) is 6.30. The normalized spacial score (nSPS) is 11.9. The van der Waals surface area contributed by atoms with Crippen LogP contribution in [-0.2, 0) is 9.53 Å². The van der Waals surface area contributed by atoms with E-state index in [-0.39, 0.29) is 5.97 Å². The summed E-state index contributed by atoms with van der Waals surface area (Å²) in [5.41, 5.74) is 5.60. The van der Waals surface area contributed by atoms with Crippen molar-refractivity contribution < 1.29 is 9.53 Å². The van der Waals surface area contributed by atoms with Crippen molar-refractivity contribution >= 4 is 23.2 Å². The van der Waals surface area contributed by atoms with Crippen molar-refractivity contribution in [3.8, 4) is 0 Å². The predicted molar refractivity (Wildman–Crippen MR) is 112 cm³/mol. The summed E-state index contributed by atoms with van der Waals surface area (Å²) in [6, 6.07) is 27.9. The number of methoxy groups -OCH3 is 1. The minimum absolute atomic E-state index is 0.354. The third-order valence-corrected chi connectivity index (χ3v) is 4.26. The van der Waals surface area contributed by atoms with Crippen LogP contribution in [0.25, 0.3) is 17.2 Å². The lowest BCUT2D eigenvalue weighted by molar-refractivity contribution is -0.133. The maximum Gasteiger partial charge on any atom is 0.338 e. The molecule has 3 rings (SSSR count). The molecule has 0 aliphatic carbocycles. The molecule has 0 aliphatic heterocycles. The van der Waals surface area contributed by atoms with Crippen molar-refractivity contribution in [2.75, 3.05) is 7.11 Å². The third-order valence-electron chi connectivity index (χ3n) is 4.26. The highest BCUT2D eigenvalue weighted by Crippen LogP contribution is 2.26. The van der Waals surface area contributed by atoms with Gasteiger partial charge < -0.3 is 4.74 Å². The number of esters is 1. The van der Waals surface area contributed by atoms with Gasteiger partial charge in [0.15, 0.2) is 0 Å². The molecule has 27 heavy (non-hydrogen) atoms. The summed E-state index contributed by atoms with van der Waals surface area (Å²) in [5.74, 6) is -0.354. The minimum Gasteiger partial charge on any atom is -0.465 e. The molecule has 0 unspecified atom stereocenters. The first-order valence-electron chi connectivity index (χ1n) is 8.86. The zero-order chi connectivity index (χ0) is 19.1. The first-order valence-corrected chi connectivity index (χ1v) is 8.86. The van der Waals surface area contributed by atoms with E-state index < -0.39 is 0 Å². The Balaban J connectivity index is 2.18. The van der Waals surface area contributed by atoms with Crippen LogP contribution in [0.1, 0.15) is 22.3 Å². The summed E-state index contributed by atoms with van der Waals surface area (Å²) in [6.45, 7) is 2.06. The largest absolute Gasteiger partial charge is 0.465 e. The van der Waals surface area contributed by atoms with Crippen LogP contribution in [0.3, 0.4) is 0 Å². The van der Waals surface area contributed by atoms with E-state index in [9.17, 15) is 4.79 Å². The summed E-state index contributed by atoms with van der Waals surface area (Å²) in [7, 11) is 1.41. The Morgan fingerprint density at radius 2 is 1.44 bits per heavy atom. The smallest absolute Gasteiger partial charge is 0.338 e. The standard InChI is InChI=1S/C25H22O2/c1-19-10-9-15-22(16-19)23(17-20-11-5-3-6-12-20)18-24(25(26)27-2)21-13-7-4-8-14-21/h3-18H,1-2H3/b23-17+,24-18+. The van der Waals surface area contributed by atoms with Gasteiger partial charge in [0, 0.05) is 0 Å². The highest BCUT2D eigenvalue weighted by molar-refractivity contribution is 6.19. The monoisotopic (exact) mass is 354 g/mol. The molecule has 2 nitrogen and oxygen atoms in total. The van der Waals surface area contributed by atoms with Gasteiger partial charge in [0.2, 0.25) is 0 Å². The van der Waals surface area contributed by atoms with Crippen LogP contribution < -0.4 is 0 Å². The van der Waals surface area contributed by atoms with Crippen molar-refractivity contribution in [1.29, 1.82) is 0 Å². The van der Waals surface area contributed by atoms with E-state index in [0.717, 1.165) is 22.3 Å². The second-order valence-corrected chi connectivity index (χ2v) is 6.30. The molecule has 134 valence electrons. The van der Waals surface area contributed by atoms with Gasteiger partial charge in [-0.05, 0) is 41.3 Å². The number of benzene rings is 3. The van der Waals surface area contributed by atoms with E-state index in [1.807, 2.05) is 72.8 Å². The number of rotatable bonds is 5. The first-order chi connectivity index (χ1) is 13.2. The lowest BCUT2D eigenvalue weighted by atomic mass is 9.96. The molecule has 0 saturated heterocycles. The minimum atomic E-state index is -0.354. The van der Waals surface area contributed by atoms with Gasteiger partial charge in [0.05, 0.1) is 12.7 Å². The second kappa shape index (κ2) is 8.81.